The Labute approximate surface area is 158 Å². The summed E-state index contributed by atoms with van der Waals surface area (Å²) in [7, 11) is 0. The summed E-state index contributed by atoms with van der Waals surface area (Å²) in [5.74, 6) is -0.209. The Balaban J connectivity index is 1.65. The first-order valence-corrected chi connectivity index (χ1v) is 8.99. The molecule has 0 bridgehead atoms. The number of rotatable bonds is 6. The molecule has 3 N–H and O–H groups in total. The van der Waals surface area contributed by atoms with Crippen LogP contribution < -0.4 is 16.0 Å². The maximum absolute atomic E-state index is 12.3. The van der Waals surface area contributed by atoms with Crippen molar-refractivity contribution >= 4 is 39.6 Å². The van der Waals surface area contributed by atoms with Crippen LogP contribution in [0.25, 0.3) is 10.8 Å². The summed E-state index contributed by atoms with van der Waals surface area (Å²) in [5, 5.41) is 11.1. The minimum absolute atomic E-state index is 0.0563. The van der Waals surface area contributed by atoms with Crippen molar-refractivity contribution in [3.8, 4) is 0 Å². The third-order valence-corrected chi connectivity index (χ3v) is 4.35. The average molecular weight is 361 g/mol. The number of aryl methyl sites for hydroxylation is 1. The summed E-state index contributed by atoms with van der Waals surface area (Å²) in [4.78, 5) is 24.0. The Kier molecular flexibility index (Phi) is 5.71. The van der Waals surface area contributed by atoms with E-state index in [1.807, 2.05) is 61.5 Å². The molecule has 0 fully saturated rings. The first kappa shape index (κ1) is 18.5. The first-order chi connectivity index (χ1) is 13.1. The van der Waals surface area contributed by atoms with Gasteiger partial charge in [0.05, 0.1) is 6.54 Å². The third-order valence-electron chi connectivity index (χ3n) is 4.35. The summed E-state index contributed by atoms with van der Waals surface area (Å²) < 4.78 is 0. The fourth-order valence-electron chi connectivity index (χ4n) is 2.83. The SMILES string of the molecule is CCC(=O)Nc1cc(NC(=O)CNc2cccc3ccccc23)ccc1C. The van der Waals surface area contributed by atoms with Gasteiger partial charge in [-0.2, -0.15) is 0 Å². The molecule has 0 radical (unpaired) electrons. The van der Waals surface area contributed by atoms with Gasteiger partial charge < -0.3 is 16.0 Å². The number of hydrogen-bond acceptors (Lipinski definition) is 3. The molecule has 27 heavy (non-hydrogen) atoms. The van der Waals surface area contributed by atoms with Crippen molar-refractivity contribution < 1.29 is 9.59 Å². The van der Waals surface area contributed by atoms with Crippen molar-refractivity contribution in [2.24, 2.45) is 0 Å². The van der Waals surface area contributed by atoms with Gasteiger partial charge in [0.25, 0.3) is 0 Å². The lowest BCUT2D eigenvalue weighted by atomic mass is 10.1. The van der Waals surface area contributed by atoms with Gasteiger partial charge in [-0.1, -0.05) is 49.4 Å². The average Bonchev–Trinajstić information content (AvgIpc) is 2.68. The predicted molar refractivity (Wildman–Crippen MR) is 111 cm³/mol. The Hall–Kier alpha value is -3.34. The molecule has 0 aliphatic carbocycles. The van der Waals surface area contributed by atoms with E-state index >= 15 is 0 Å². The molecule has 3 aromatic carbocycles. The number of nitrogens with one attached hydrogen (secondary N) is 3. The summed E-state index contributed by atoms with van der Waals surface area (Å²) in [6, 6.07) is 19.5. The largest absolute Gasteiger partial charge is 0.376 e. The predicted octanol–water partition coefficient (Wildman–Crippen LogP) is 4.55. The maximum atomic E-state index is 12.3. The Bertz CT molecular complexity index is 977. The second-order valence-corrected chi connectivity index (χ2v) is 6.36. The van der Waals surface area contributed by atoms with E-state index in [0.717, 1.165) is 22.0 Å². The molecule has 0 saturated carbocycles. The maximum Gasteiger partial charge on any atom is 0.243 e. The quantitative estimate of drug-likeness (QED) is 0.603. The van der Waals surface area contributed by atoms with Crippen molar-refractivity contribution in [2.45, 2.75) is 20.3 Å². The van der Waals surface area contributed by atoms with E-state index < -0.39 is 0 Å². The van der Waals surface area contributed by atoms with E-state index in [4.69, 9.17) is 0 Å². The zero-order valence-corrected chi connectivity index (χ0v) is 15.5. The molecule has 0 spiro atoms. The number of carbonyl (C=O) groups excluding carboxylic acids is 2. The summed E-state index contributed by atoms with van der Waals surface area (Å²) >= 11 is 0. The molecule has 0 atom stereocenters. The summed E-state index contributed by atoms with van der Waals surface area (Å²) in [5.41, 5.74) is 3.23. The lowest BCUT2D eigenvalue weighted by molar-refractivity contribution is -0.116. The molecular formula is C22H23N3O2. The molecule has 0 aliphatic heterocycles. The van der Waals surface area contributed by atoms with Gasteiger partial charge in [-0.25, -0.2) is 0 Å². The highest BCUT2D eigenvalue weighted by Gasteiger charge is 2.08. The molecule has 0 saturated heterocycles. The molecule has 0 heterocycles. The fourth-order valence-corrected chi connectivity index (χ4v) is 2.83. The normalized spacial score (nSPS) is 10.4. The number of fused-ring (bicyclic) bond motifs is 1. The zero-order chi connectivity index (χ0) is 19.2. The molecule has 3 rings (SSSR count). The van der Waals surface area contributed by atoms with E-state index in [0.29, 0.717) is 17.8 Å². The van der Waals surface area contributed by atoms with Crippen LogP contribution in [0.1, 0.15) is 18.9 Å². The Morgan fingerprint density at radius 1 is 0.852 bits per heavy atom. The second kappa shape index (κ2) is 8.36. The molecule has 0 aromatic heterocycles. The number of carbonyl (C=O) groups is 2. The highest BCUT2D eigenvalue weighted by Crippen LogP contribution is 2.23. The van der Waals surface area contributed by atoms with Crippen molar-refractivity contribution in [1.82, 2.24) is 0 Å². The summed E-state index contributed by atoms with van der Waals surface area (Å²) in [6.07, 6.45) is 0.408. The highest BCUT2D eigenvalue weighted by molar-refractivity contribution is 5.98. The molecule has 0 aliphatic rings. The Morgan fingerprint density at radius 3 is 2.44 bits per heavy atom. The van der Waals surface area contributed by atoms with E-state index in [1.54, 1.807) is 13.0 Å². The van der Waals surface area contributed by atoms with Gasteiger partial charge in [-0.3, -0.25) is 9.59 Å². The van der Waals surface area contributed by atoms with Gasteiger partial charge in [0.2, 0.25) is 11.8 Å². The van der Waals surface area contributed by atoms with Crippen LogP contribution in [-0.4, -0.2) is 18.4 Å². The van der Waals surface area contributed by atoms with E-state index in [-0.39, 0.29) is 18.4 Å². The number of anilines is 3. The van der Waals surface area contributed by atoms with E-state index in [1.165, 1.54) is 0 Å². The van der Waals surface area contributed by atoms with Crippen molar-refractivity contribution in [1.29, 1.82) is 0 Å². The second-order valence-electron chi connectivity index (χ2n) is 6.36. The van der Waals surface area contributed by atoms with Crippen LogP contribution in [0.3, 0.4) is 0 Å². The molecule has 5 heteroatoms. The van der Waals surface area contributed by atoms with Gasteiger partial charge >= 0.3 is 0 Å². The molecular weight excluding hydrogens is 338 g/mol. The summed E-state index contributed by atoms with van der Waals surface area (Å²) in [6.45, 7) is 3.87. The van der Waals surface area contributed by atoms with Crippen molar-refractivity contribution in [3.63, 3.8) is 0 Å². The van der Waals surface area contributed by atoms with Crippen LogP contribution in [0.15, 0.2) is 60.7 Å². The van der Waals surface area contributed by atoms with E-state index in [9.17, 15) is 9.59 Å². The zero-order valence-electron chi connectivity index (χ0n) is 15.5. The third kappa shape index (κ3) is 4.64. The standard InChI is InChI=1S/C22H23N3O2/c1-3-21(26)25-20-13-17(12-11-15(20)2)24-22(27)14-23-19-10-6-8-16-7-4-5-9-18(16)19/h4-13,23H,3,14H2,1-2H3,(H,24,27)(H,25,26). The molecule has 3 aromatic rings. The van der Waals surface area contributed by atoms with Crippen molar-refractivity contribution in [3.05, 3.63) is 66.2 Å². The van der Waals surface area contributed by atoms with Gasteiger partial charge in [-0.15, -0.1) is 0 Å². The van der Waals surface area contributed by atoms with Crippen LogP contribution in [0, 0.1) is 6.92 Å². The van der Waals surface area contributed by atoms with Gasteiger partial charge in [0.15, 0.2) is 0 Å². The minimum Gasteiger partial charge on any atom is -0.376 e. The lowest BCUT2D eigenvalue weighted by Gasteiger charge is -2.12. The Morgan fingerprint density at radius 2 is 1.63 bits per heavy atom. The van der Waals surface area contributed by atoms with Gasteiger partial charge in [0, 0.05) is 28.9 Å². The van der Waals surface area contributed by atoms with Crippen LogP contribution in [0.5, 0.6) is 0 Å². The number of amides is 2. The monoisotopic (exact) mass is 361 g/mol. The molecule has 2 amide bonds. The highest BCUT2D eigenvalue weighted by atomic mass is 16.2. The molecule has 138 valence electrons. The topological polar surface area (TPSA) is 70.2 Å². The van der Waals surface area contributed by atoms with Crippen LogP contribution >= 0.6 is 0 Å². The van der Waals surface area contributed by atoms with Crippen LogP contribution in [0.2, 0.25) is 0 Å². The van der Waals surface area contributed by atoms with Crippen LogP contribution in [-0.2, 0) is 9.59 Å². The van der Waals surface area contributed by atoms with Gasteiger partial charge in [0.1, 0.15) is 0 Å². The molecule has 0 unspecified atom stereocenters. The fraction of sp³-hybridized carbons (Fsp3) is 0.182. The van der Waals surface area contributed by atoms with E-state index in [2.05, 4.69) is 16.0 Å². The first-order valence-electron chi connectivity index (χ1n) is 8.99. The van der Waals surface area contributed by atoms with Crippen LogP contribution in [0.4, 0.5) is 17.1 Å². The molecule has 5 nitrogen and oxygen atoms in total. The van der Waals surface area contributed by atoms with Gasteiger partial charge in [-0.05, 0) is 36.1 Å². The van der Waals surface area contributed by atoms with Crippen molar-refractivity contribution in [2.75, 3.05) is 22.5 Å². The number of benzene rings is 3. The number of hydrogen-bond donors (Lipinski definition) is 3. The lowest BCUT2D eigenvalue weighted by Crippen LogP contribution is -2.22. The smallest absolute Gasteiger partial charge is 0.243 e. The minimum atomic E-state index is -0.153.